The van der Waals surface area contributed by atoms with Crippen molar-refractivity contribution < 1.29 is 33.0 Å². The van der Waals surface area contributed by atoms with Crippen molar-refractivity contribution >= 4 is 11.6 Å². The molecule has 11 nitrogen and oxygen atoms in total. The van der Waals surface area contributed by atoms with Crippen molar-refractivity contribution in [3.8, 4) is 23.5 Å². The third-order valence-electron chi connectivity index (χ3n) is 6.39. The molecule has 0 spiro atoms. The van der Waals surface area contributed by atoms with Gasteiger partial charge in [0.05, 0.1) is 14.2 Å². The number of ketones is 2. The summed E-state index contributed by atoms with van der Waals surface area (Å²) in [7, 11) is 3.14. The Morgan fingerprint density at radius 3 is 1.76 bits per heavy atom. The Balaban J connectivity index is 1.49. The quantitative estimate of drug-likeness (QED) is 0.183. The first-order chi connectivity index (χ1) is 20.3. The van der Waals surface area contributed by atoms with Crippen LogP contribution in [0.25, 0.3) is 0 Å². The Morgan fingerprint density at radius 1 is 0.786 bits per heavy atom. The number of methoxy groups -OCH3 is 2. The maximum absolute atomic E-state index is 11.1. The summed E-state index contributed by atoms with van der Waals surface area (Å²) in [6, 6.07) is 9.30. The lowest BCUT2D eigenvalue weighted by atomic mass is 10.2. The monoisotopic (exact) mass is 582 g/mol. The fraction of sp³-hybridized carbons (Fsp3) is 0.484. The van der Waals surface area contributed by atoms with Crippen LogP contribution in [0.3, 0.4) is 0 Å². The third-order valence-corrected chi connectivity index (χ3v) is 6.39. The van der Waals surface area contributed by atoms with Gasteiger partial charge in [0.1, 0.15) is 36.3 Å². The summed E-state index contributed by atoms with van der Waals surface area (Å²) in [6.07, 6.45) is 2.72. The zero-order chi connectivity index (χ0) is 30.3. The average Bonchev–Trinajstić information content (AvgIpc) is 3.33. The lowest BCUT2D eigenvalue weighted by Gasteiger charge is -2.11. The first-order valence-corrected chi connectivity index (χ1v) is 14.1. The summed E-state index contributed by atoms with van der Waals surface area (Å²) in [5.41, 5.74) is 2.74. The molecule has 0 aliphatic rings. The number of pyridine rings is 2. The van der Waals surface area contributed by atoms with E-state index in [1.54, 1.807) is 40.2 Å². The summed E-state index contributed by atoms with van der Waals surface area (Å²) in [5.74, 6) is 3.49. The first-order valence-electron chi connectivity index (χ1n) is 14.1. The fourth-order valence-electron chi connectivity index (χ4n) is 4.15. The molecule has 0 aromatic carbocycles. The minimum Gasteiger partial charge on any atom is -0.481 e. The topological polar surface area (TPSA) is 134 Å². The van der Waals surface area contributed by atoms with Crippen molar-refractivity contribution in [3.05, 3.63) is 58.5 Å². The molecular weight excluding hydrogens is 540 g/mol. The molecular formula is C31H42N4O7. The Labute approximate surface area is 247 Å². The smallest absolute Gasteiger partial charge is 0.220 e. The normalized spacial score (nSPS) is 10.9. The molecule has 0 saturated heterocycles. The van der Waals surface area contributed by atoms with Crippen LogP contribution in [0.5, 0.6) is 23.5 Å². The molecule has 0 saturated carbocycles. The highest BCUT2D eigenvalue weighted by Gasteiger charge is 2.13. The van der Waals surface area contributed by atoms with Crippen LogP contribution in [-0.2, 0) is 35.9 Å². The number of hydrogen-bond acceptors (Lipinski definition) is 11. The largest absolute Gasteiger partial charge is 0.481 e. The maximum atomic E-state index is 11.1. The summed E-state index contributed by atoms with van der Waals surface area (Å²) < 4.78 is 28.6. The van der Waals surface area contributed by atoms with Crippen molar-refractivity contribution in [2.75, 3.05) is 27.3 Å². The van der Waals surface area contributed by atoms with E-state index in [0.717, 1.165) is 42.6 Å². The second-order valence-electron chi connectivity index (χ2n) is 10.00. The van der Waals surface area contributed by atoms with E-state index in [1.165, 1.54) is 0 Å². The second kappa shape index (κ2) is 17.1. The van der Waals surface area contributed by atoms with Crippen molar-refractivity contribution in [2.24, 2.45) is 0 Å². The molecule has 0 fully saturated rings. The predicted octanol–water partition coefficient (Wildman–Crippen LogP) is 4.47. The minimum absolute atomic E-state index is 0.190. The SMILES string of the molecule is COc1nc(OCc2cc(C)c(COc3ccc(CNCCCC(C)=O)c(OC)n3)o2)ccc1CNCCCC(C)=O. The molecule has 42 heavy (non-hydrogen) atoms. The molecule has 0 aliphatic heterocycles. The van der Waals surface area contributed by atoms with E-state index >= 15 is 0 Å². The van der Waals surface area contributed by atoms with Gasteiger partial charge in [0.15, 0.2) is 0 Å². The van der Waals surface area contributed by atoms with Crippen LogP contribution >= 0.6 is 0 Å². The van der Waals surface area contributed by atoms with E-state index < -0.39 is 0 Å². The van der Waals surface area contributed by atoms with Crippen LogP contribution in [-0.4, -0.2) is 48.8 Å². The summed E-state index contributed by atoms with van der Waals surface area (Å²) in [6.45, 7) is 8.17. The molecule has 0 bridgehead atoms. The lowest BCUT2D eigenvalue weighted by molar-refractivity contribution is -0.117. The van der Waals surface area contributed by atoms with Crippen LogP contribution in [0, 0.1) is 6.92 Å². The van der Waals surface area contributed by atoms with Gasteiger partial charge in [0.2, 0.25) is 23.5 Å². The second-order valence-corrected chi connectivity index (χ2v) is 10.00. The molecule has 0 radical (unpaired) electrons. The molecule has 228 valence electrons. The van der Waals surface area contributed by atoms with Crippen molar-refractivity contribution in [1.82, 2.24) is 20.6 Å². The zero-order valence-electron chi connectivity index (χ0n) is 25.2. The number of carbonyl (C=O) groups excluding carboxylic acids is 2. The number of furan rings is 1. The van der Waals surface area contributed by atoms with Crippen molar-refractivity contribution in [3.63, 3.8) is 0 Å². The van der Waals surface area contributed by atoms with Gasteiger partial charge in [-0.1, -0.05) is 0 Å². The van der Waals surface area contributed by atoms with E-state index in [1.807, 2.05) is 25.1 Å². The number of nitrogens with one attached hydrogen (secondary N) is 2. The molecule has 0 aliphatic carbocycles. The van der Waals surface area contributed by atoms with E-state index in [0.29, 0.717) is 61.0 Å². The van der Waals surface area contributed by atoms with Crippen molar-refractivity contribution in [1.29, 1.82) is 0 Å². The number of hydrogen-bond donors (Lipinski definition) is 2. The Hall–Kier alpha value is -3.96. The molecule has 3 rings (SSSR count). The number of aromatic nitrogens is 2. The number of Topliss-reactive ketones (excluding diaryl/α,β-unsaturated/α-hetero) is 2. The van der Waals surface area contributed by atoms with Crippen LogP contribution in [0.4, 0.5) is 0 Å². The van der Waals surface area contributed by atoms with Crippen LogP contribution in [0.1, 0.15) is 67.7 Å². The summed E-state index contributed by atoms with van der Waals surface area (Å²) in [5, 5.41) is 6.61. The Morgan fingerprint density at radius 2 is 1.29 bits per heavy atom. The highest BCUT2D eigenvalue weighted by Crippen LogP contribution is 2.24. The standard InChI is InChI=1S/C31H42N4O7/c1-21-16-26(19-40-28-12-10-24(30(34-28)38-4)17-32-14-6-8-22(2)36)42-27(21)20-41-29-13-11-25(31(35-29)39-5)18-33-15-7-9-23(3)37/h10-13,16,32-33H,6-9,14-15,17-20H2,1-5H3. The van der Waals surface area contributed by atoms with Gasteiger partial charge >= 0.3 is 0 Å². The van der Waals surface area contributed by atoms with E-state index in [4.69, 9.17) is 23.4 Å². The predicted molar refractivity (Wildman–Crippen MR) is 157 cm³/mol. The van der Waals surface area contributed by atoms with E-state index in [2.05, 4.69) is 20.6 Å². The lowest BCUT2D eigenvalue weighted by Crippen LogP contribution is -2.16. The molecule has 0 unspecified atom stereocenters. The molecule has 3 aromatic rings. The number of rotatable bonds is 20. The summed E-state index contributed by atoms with van der Waals surface area (Å²) in [4.78, 5) is 31.1. The highest BCUT2D eigenvalue weighted by atomic mass is 16.5. The molecule has 3 aromatic heterocycles. The number of aryl methyl sites for hydroxylation is 1. The zero-order valence-corrected chi connectivity index (χ0v) is 25.2. The molecule has 11 heteroatoms. The van der Waals surface area contributed by atoms with Gasteiger partial charge in [-0.25, -0.2) is 0 Å². The number of nitrogens with zero attached hydrogens (tertiary/aromatic N) is 2. The molecule has 0 amide bonds. The van der Waals surface area contributed by atoms with Crippen molar-refractivity contribution in [2.45, 2.75) is 72.8 Å². The van der Waals surface area contributed by atoms with Crippen LogP contribution in [0.2, 0.25) is 0 Å². The maximum Gasteiger partial charge on any atom is 0.220 e. The molecule has 0 atom stereocenters. The number of carbonyl (C=O) groups is 2. The van der Waals surface area contributed by atoms with Gasteiger partial charge in [0.25, 0.3) is 0 Å². The third kappa shape index (κ3) is 10.8. The Bertz CT molecular complexity index is 1310. The summed E-state index contributed by atoms with van der Waals surface area (Å²) >= 11 is 0. The van der Waals surface area contributed by atoms with Gasteiger partial charge in [-0.2, -0.15) is 9.97 Å². The van der Waals surface area contributed by atoms with E-state index in [9.17, 15) is 9.59 Å². The van der Waals surface area contributed by atoms with Gasteiger partial charge in [-0.05, 0) is 70.5 Å². The van der Waals surface area contributed by atoms with Crippen LogP contribution in [0.15, 0.2) is 34.7 Å². The number of ether oxygens (including phenoxy) is 4. The highest BCUT2D eigenvalue weighted by molar-refractivity contribution is 5.75. The van der Waals surface area contributed by atoms with Gasteiger partial charge in [-0.3, -0.25) is 0 Å². The van der Waals surface area contributed by atoms with Gasteiger partial charge < -0.3 is 43.6 Å². The fourth-order valence-corrected chi connectivity index (χ4v) is 4.15. The van der Waals surface area contributed by atoms with Gasteiger partial charge in [-0.15, -0.1) is 0 Å². The van der Waals surface area contributed by atoms with Crippen LogP contribution < -0.4 is 29.6 Å². The first kappa shape index (κ1) is 32.6. The van der Waals surface area contributed by atoms with Gasteiger partial charge in [0, 0.05) is 49.2 Å². The Kier molecular flexibility index (Phi) is 13.3. The average molecular weight is 583 g/mol. The molecule has 3 heterocycles. The van der Waals surface area contributed by atoms with E-state index in [-0.39, 0.29) is 24.8 Å². The molecule has 2 N–H and O–H groups in total. The minimum atomic E-state index is 0.190.